The average molecular weight is 292 g/mol. The molecule has 2 amide bonds. The number of nitrogens with two attached hydrogens (primary N) is 1. The van der Waals surface area contributed by atoms with E-state index in [1.165, 1.54) is 0 Å². The number of amides is 2. The Kier molecular flexibility index (Phi) is 6.84. The Morgan fingerprint density at radius 1 is 1.29 bits per heavy atom. The van der Waals surface area contributed by atoms with Gasteiger partial charge >= 0.3 is 0 Å². The van der Waals surface area contributed by atoms with Crippen LogP contribution in [0, 0.1) is 0 Å². The van der Waals surface area contributed by atoms with Crippen molar-refractivity contribution in [2.24, 2.45) is 5.84 Å². The van der Waals surface area contributed by atoms with Gasteiger partial charge in [0.15, 0.2) is 0 Å². The number of nitrogens with zero attached hydrogens (tertiary/aromatic N) is 1. The van der Waals surface area contributed by atoms with Gasteiger partial charge in [-0.1, -0.05) is 31.2 Å². The molecule has 1 atom stereocenters. The second-order valence-electron chi connectivity index (χ2n) is 4.95. The van der Waals surface area contributed by atoms with Gasteiger partial charge in [0.25, 0.3) is 0 Å². The fourth-order valence-corrected chi connectivity index (χ4v) is 2.01. The molecule has 0 fully saturated rings. The molecule has 1 rings (SSSR count). The third-order valence-corrected chi connectivity index (χ3v) is 3.51. The van der Waals surface area contributed by atoms with E-state index in [1.807, 2.05) is 36.1 Å². The monoisotopic (exact) mass is 292 g/mol. The van der Waals surface area contributed by atoms with Crippen molar-refractivity contribution in [1.82, 2.24) is 15.6 Å². The van der Waals surface area contributed by atoms with Crippen molar-refractivity contribution in [3.63, 3.8) is 0 Å². The van der Waals surface area contributed by atoms with Gasteiger partial charge in [-0.25, -0.2) is 5.84 Å². The highest BCUT2D eigenvalue weighted by molar-refractivity contribution is 5.82. The first-order valence-electron chi connectivity index (χ1n) is 7.04. The smallest absolute Gasteiger partial charge is 0.241 e. The Labute approximate surface area is 125 Å². The average Bonchev–Trinajstić information content (AvgIpc) is 2.53. The number of rotatable bonds is 7. The van der Waals surface area contributed by atoms with E-state index < -0.39 is 0 Å². The fraction of sp³-hybridized carbons (Fsp3) is 0.467. The van der Waals surface area contributed by atoms with E-state index in [2.05, 4.69) is 10.7 Å². The van der Waals surface area contributed by atoms with Crippen molar-refractivity contribution >= 4 is 11.8 Å². The summed E-state index contributed by atoms with van der Waals surface area (Å²) < 4.78 is 0. The zero-order valence-corrected chi connectivity index (χ0v) is 12.8. The van der Waals surface area contributed by atoms with Gasteiger partial charge in [0.1, 0.15) is 0 Å². The van der Waals surface area contributed by atoms with E-state index in [0.717, 1.165) is 17.7 Å². The highest BCUT2D eigenvalue weighted by Gasteiger charge is 2.14. The van der Waals surface area contributed by atoms with E-state index in [-0.39, 0.29) is 17.7 Å². The maximum atomic E-state index is 11.5. The van der Waals surface area contributed by atoms with Crippen molar-refractivity contribution in [2.75, 3.05) is 20.1 Å². The third-order valence-electron chi connectivity index (χ3n) is 3.51. The van der Waals surface area contributed by atoms with Crippen LogP contribution < -0.4 is 16.6 Å². The largest absolute Gasteiger partial charge is 0.358 e. The van der Waals surface area contributed by atoms with Crippen LogP contribution in [0.1, 0.15) is 30.9 Å². The molecule has 0 heterocycles. The summed E-state index contributed by atoms with van der Waals surface area (Å²) in [6, 6.07) is 7.79. The number of benzene rings is 1. The lowest BCUT2D eigenvalue weighted by Crippen LogP contribution is -2.35. The maximum Gasteiger partial charge on any atom is 0.241 e. The number of nitrogens with one attached hydrogen (secondary N) is 2. The second-order valence-corrected chi connectivity index (χ2v) is 4.95. The topological polar surface area (TPSA) is 87.5 Å². The molecule has 0 aliphatic heterocycles. The summed E-state index contributed by atoms with van der Waals surface area (Å²) >= 11 is 0. The van der Waals surface area contributed by atoms with Crippen molar-refractivity contribution in [1.29, 1.82) is 0 Å². The highest BCUT2D eigenvalue weighted by Crippen LogP contribution is 2.16. The molecule has 6 heteroatoms. The lowest BCUT2D eigenvalue weighted by atomic mass is 9.99. The number of carbonyl (C=O) groups excluding carboxylic acids is 2. The SMILES string of the molecule is CCN(CC(=O)NC)Cc1ccc(C(C)C(=O)NN)cc1. The standard InChI is InChI=1S/C15H24N4O2/c1-4-19(10-14(20)17-3)9-12-5-7-13(8-6-12)11(2)15(21)18-16/h5-8,11H,4,9-10,16H2,1-3H3,(H,17,20)(H,18,21). The van der Waals surface area contributed by atoms with Crippen LogP contribution in [0.25, 0.3) is 0 Å². The van der Waals surface area contributed by atoms with Crippen molar-refractivity contribution in [3.05, 3.63) is 35.4 Å². The van der Waals surface area contributed by atoms with Crippen LogP contribution in [0.5, 0.6) is 0 Å². The molecule has 1 aromatic carbocycles. The zero-order chi connectivity index (χ0) is 15.8. The summed E-state index contributed by atoms with van der Waals surface area (Å²) in [6.45, 7) is 5.69. The summed E-state index contributed by atoms with van der Waals surface area (Å²) in [7, 11) is 1.63. The van der Waals surface area contributed by atoms with E-state index >= 15 is 0 Å². The fourth-order valence-electron chi connectivity index (χ4n) is 2.01. The molecule has 4 N–H and O–H groups in total. The van der Waals surface area contributed by atoms with E-state index in [1.54, 1.807) is 14.0 Å². The van der Waals surface area contributed by atoms with Crippen LogP contribution in [0.3, 0.4) is 0 Å². The molecule has 0 aliphatic rings. The summed E-state index contributed by atoms with van der Waals surface area (Å²) in [5.41, 5.74) is 4.17. The zero-order valence-electron chi connectivity index (χ0n) is 12.8. The normalized spacial score (nSPS) is 12.0. The molecule has 0 spiro atoms. The van der Waals surface area contributed by atoms with Crippen LogP contribution in [0.2, 0.25) is 0 Å². The predicted molar refractivity (Wildman–Crippen MR) is 82.2 cm³/mol. The van der Waals surface area contributed by atoms with Crippen LogP contribution in [0.15, 0.2) is 24.3 Å². The van der Waals surface area contributed by atoms with E-state index in [0.29, 0.717) is 13.1 Å². The van der Waals surface area contributed by atoms with Crippen LogP contribution >= 0.6 is 0 Å². The molecular weight excluding hydrogens is 268 g/mol. The predicted octanol–water partition coefficient (Wildman–Crippen LogP) is 0.348. The molecule has 0 aliphatic carbocycles. The molecule has 0 bridgehead atoms. The summed E-state index contributed by atoms with van der Waals surface area (Å²) in [5, 5.41) is 2.62. The van der Waals surface area contributed by atoms with Gasteiger partial charge in [-0.3, -0.25) is 19.9 Å². The Bertz CT molecular complexity index is 473. The number of likely N-dealkylation sites (N-methyl/N-ethyl adjacent to an activating group) is 2. The van der Waals surface area contributed by atoms with Crippen molar-refractivity contribution in [2.45, 2.75) is 26.3 Å². The van der Waals surface area contributed by atoms with Crippen LogP contribution in [-0.4, -0.2) is 36.9 Å². The molecule has 0 radical (unpaired) electrons. The first-order valence-corrected chi connectivity index (χ1v) is 7.04. The van der Waals surface area contributed by atoms with E-state index in [4.69, 9.17) is 5.84 Å². The first-order chi connectivity index (χ1) is 10.0. The number of hydrogen-bond acceptors (Lipinski definition) is 4. The summed E-state index contributed by atoms with van der Waals surface area (Å²) in [5.74, 6) is 4.65. The number of carbonyl (C=O) groups is 2. The van der Waals surface area contributed by atoms with Gasteiger partial charge in [0.05, 0.1) is 12.5 Å². The molecule has 1 unspecified atom stereocenters. The van der Waals surface area contributed by atoms with Gasteiger partial charge < -0.3 is 5.32 Å². The maximum absolute atomic E-state index is 11.5. The van der Waals surface area contributed by atoms with Crippen molar-refractivity contribution < 1.29 is 9.59 Å². The third kappa shape index (κ3) is 5.17. The van der Waals surface area contributed by atoms with E-state index in [9.17, 15) is 9.59 Å². The molecule has 6 nitrogen and oxygen atoms in total. The molecule has 116 valence electrons. The second kappa shape index (κ2) is 8.39. The number of hydrazine groups is 1. The molecule has 21 heavy (non-hydrogen) atoms. The Hall–Kier alpha value is -1.92. The molecular formula is C15H24N4O2. The minimum atomic E-state index is -0.280. The Morgan fingerprint density at radius 3 is 2.38 bits per heavy atom. The molecule has 0 saturated carbocycles. The summed E-state index contributed by atoms with van der Waals surface area (Å²) in [6.07, 6.45) is 0. The molecule has 0 aromatic heterocycles. The Balaban J connectivity index is 2.69. The highest BCUT2D eigenvalue weighted by atomic mass is 16.2. The van der Waals surface area contributed by atoms with Crippen molar-refractivity contribution in [3.8, 4) is 0 Å². The summed E-state index contributed by atoms with van der Waals surface area (Å²) in [4.78, 5) is 24.9. The Morgan fingerprint density at radius 2 is 1.90 bits per heavy atom. The van der Waals surface area contributed by atoms with Gasteiger partial charge in [-0.05, 0) is 24.6 Å². The lowest BCUT2D eigenvalue weighted by Gasteiger charge is -2.19. The lowest BCUT2D eigenvalue weighted by molar-refractivity contribution is -0.122. The minimum Gasteiger partial charge on any atom is -0.358 e. The molecule has 1 aromatic rings. The minimum absolute atomic E-state index is 0.00158. The van der Waals surface area contributed by atoms with Gasteiger partial charge in [-0.2, -0.15) is 0 Å². The van der Waals surface area contributed by atoms with Gasteiger partial charge in [-0.15, -0.1) is 0 Å². The first kappa shape index (κ1) is 17.1. The van der Waals surface area contributed by atoms with Crippen LogP contribution in [0.4, 0.5) is 0 Å². The van der Waals surface area contributed by atoms with Gasteiger partial charge in [0.2, 0.25) is 11.8 Å². The van der Waals surface area contributed by atoms with Gasteiger partial charge in [0, 0.05) is 13.6 Å². The quantitative estimate of drug-likeness (QED) is 0.384. The number of hydrogen-bond donors (Lipinski definition) is 3. The van der Waals surface area contributed by atoms with Crippen LogP contribution in [-0.2, 0) is 16.1 Å². The molecule has 0 saturated heterocycles.